The van der Waals surface area contributed by atoms with E-state index < -0.39 is 0 Å². The van der Waals surface area contributed by atoms with E-state index in [1.807, 2.05) is 0 Å². The summed E-state index contributed by atoms with van der Waals surface area (Å²) in [4.78, 5) is 0. The second-order valence-corrected chi connectivity index (χ2v) is 10.4. The molecule has 0 aromatic rings. The van der Waals surface area contributed by atoms with Gasteiger partial charge in [-0.1, -0.05) is 144 Å². The van der Waals surface area contributed by atoms with Crippen LogP contribution in [0.25, 0.3) is 0 Å². The Morgan fingerprint density at radius 3 is 1.07 bits per heavy atom. The Hall–Kier alpha value is 0. The maximum Gasteiger partial charge on any atom is -0.0241 e. The van der Waals surface area contributed by atoms with E-state index in [-0.39, 0.29) is 0 Å². The molecule has 0 aromatic carbocycles. The Labute approximate surface area is 193 Å². The van der Waals surface area contributed by atoms with Crippen LogP contribution in [-0.4, -0.2) is 0 Å². The fourth-order valence-electron chi connectivity index (χ4n) is 6.22. The average Bonchev–Trinajstić information content (AvgIpc) is 2.75. The van der Waals surface area contributed by atoms with E-state index in [0.29, 0.717) is 5.41 Å². The van der Waals surface area contributed by atoms with Crippen LogP contribution in [0.2, 0.25) is 0 Å². The summed E-state index contributed by atoms with van der Waals surface area (Å²) in [6, 6.07) is 0. The van der Waals surface area contributed by atoms with Gasteiger partial charge in [0, 0.05) is 0 Å². The Kier molecular flexibility index (Phi) is 20.9. The molecular weight excluding hydrogens is 360 g/mol. The van der Waals surface area contributed by atoms with Crippen molar-refractivity contribution in [3.63, 3.8) is 0 Å². The Morgan fingerprint density at radius 2 is 0.733 bits per heavy atom. The topological polar surface area (TPSA) is 0 Å². The summed E-state index contributed by atoms with van der Waals surface area (Å²) < 4.78 is 0. The van der Waals surface area contributed by atoms with Crippen LogP contribution in [0.3, 0.4) is 0 Å². The first kappa shape index (κ1) is 30.0. The summed E-state index contributed by atoms with van der Waals surface area (Å²) in [5.74, 6) is 1.95. The van der Waals surface area contributed by atoms with Crippen molar-refractivity contribution >= 4 is 0 Å². The third kappa shape index (κ3) is 12.1. The van der Waals surface area contributed by atoms with Gasteiger partial charge in [-0.2, -0.15) is 0 Å². The van der Waals surface area contributed by atoms with Crippen molar-refractivity contribution in [2.45, 2.75) is 176 Å². The summed E-state index contributed by atoms with van der Waals surface area (Å²) >= 11 is 0. The van der Waals surface area contributed by atoms with Crippen LogP contribution in [0.15, 0.2) is 0 Å². The number of hydrogen-bond donors (Lipinski definition) is 0. The summed E-state index contributed by atoms with van der Waals surface area (Å²) in [5, 5.41) is 0. The van der Waals surface area contributed by atoms with Crippen LogP contribution in [0, 0.1) is 17.3 Å². The molecule has 0 spiro atoms. The molecule has 0 heterocycles. The van der Waals surface area contributed by atoms with Gasteiger partial charge in [0.1, 0.15) is 0 Å². The molecule has 0 amide bonds. The molecule has 0 nitrogen and oxygen atoms in total. The van der Waals surface area contributed by atoms with Crippen LogP contribution in [0.5, 0.6) is 0 Å². The molecule has 1 unspecified atom stereocenters. The highest BCUT2D eigenvalue weighted by molar-refractivity contribution is 4.92. The normalized spacial score (nSPS) is 13.3. The summed E-state index contributed by atoms with van der Waals surface area (Å²) in [5.41, 5.74) is 0.633. The van der Waals surface area contributed by atoms with E-state index in [4.69, 9.17) is 0 Å². The Bertz CT molecular complexity index is 311. The van der Waals surface area contributed by atoms with E-state index >= 15 is 0 Å². The molecule has 0 aliphatic rings. The maximum atomic E-state index is 2.53. The van der Waals surface area contributed by atoms with Gasteiger partial charge in [0.2, 0.25) is 0 Å². The molecule has 0 saturated carbocycles. The predicted octanol–water partition coefficient (Wildman–Crippen LogP) is 11.5. The first-order valence-corrected chi connectivity index (χ1v) is 14.7. The first-order chi connectivity index (χ1) is 14.7. The highest BCUT2D eigenvalue weighted by Gasteiger charge is 2.42. The lowest BCUT2D eigenvalue weighted by atomic mass is 9.57. The van der Waals surface area contributed by atoms with E-state index in [9.17, 15) is 0 Å². The van der Waals surface area contributed by atoms with Crippen molar-refractivity contribution < 1.29 is 0 Å². The van der Waals surface area contributed by atoms with Gasteiger partial charge in [-0.05, 0) is 49.4 Å². The fraction of sp³-hybridized carbons (Fsp3) is 1.00. The van der Waals surface area contributed by atoms with Crippen LogP contribution < -0.4 is 0 Å². The van der Waals surface area contributed by atoms with E-state index in [0.717, 1.165) is 11.8 Å². The van der Waals surface area contributed by atoms with Crippen molar-refractivity contribution in [2.24, 2.45) is 17.3 Å². The van der Waals surface area contributed by atoms with Crippen molar-refractivity contribution in [1.82, 2.24) is 0 Å². The summed E-state index contributed by atoms with van der Waals surface area (Å²) in [6.07, 6.45) is 30.4. The third-order valence-corrected chi connectivity index (χ3v) is 8.08. The standard InChI is InChI=1S/C30H62/c1-7-13-18-23-28(12-6)30(26-21-16-10-4,27-22-17-11-5)29(24-19-14-8-2)25-20-15-9-3/h28-29H,7-27H2,1-6H3. The zero-order chi connectivity index (χ0) is 22.5. The predicted molar refractivity (Wildman–Crippen MR) is 140 cm³/mol. The van der Waals surface area contributed by atoms with Gasteiger partial charge < -0.3 is 0 Å². The van der Waals surface area contributed by atoms with Gasteiger partial charge in [-0.3, -0.25) is 0 Å². The summed E-state index contributed by atoms with van der Waals surface area (Å²) in [7, 11) is 0. The quantitative estimate of drug-likeness (QED) is 0.144. The maximum absolute atomic E-state index is 2.53. The van der Waals surface area contributed by atoms with Crippen molar-refractivity contribution in [1.29, 1.82) is 0 Å². The highest BCUT2D eigenvalue weighted by atomic mass is 14.5. The fourth-order valence-corrected chi connectivity index (χ4v) is 6.22. The zero-order valence-corrected chi connectivity index (χ0v) is 22.5. The lowest BCUT2D eigenvalue weighted by Gasteiger charge is -2.48. The molecule has 0 rings (SSSR count). The Morgan fingerprint density at radius 1 is 0.400 bits per heavy atom. The van der Waals surface area contributed by atoms with E-state index in [1.54, 1.807) is 0 Å². The number of unbranched alkanes of at least 4 members (excludes halogenated alkanes) is 10. The molecule has 0 N–H and O–H groups in total. The van der Waals surface area contributed by atoms with Crippen molar-refractivity contribution in [2.75, 3.05) is 0 Å². The lowest BCUT2D eigenvalue weighted by Crippen LogP contribution is -2.39. The van der Waals surface area contributed by atoms with E-state index in [2.05, 4.69) is 41.5 Å². The molecule has 0 aliphatic heterocycles. The molecule has 0 bridgehead atoms. The average molecular weight is 423 g/mol. The SMILES string of the molecule is CCCCCC(CC)C(CCCCC)(CCCCC)C(CCCCC)CCCCC. The van der Waals surface area contributed by atoms with Crippen LogP contribution in [0.4, 0.5) is 0 Å². The van der Waals surface area contributed by atoms with E-state index in [1.165, 1.54) is 135 Å². The molecule has 1 atom stereocenters. The molecule has 182 valence electrons. The van der Waals surface area contributed by atoms with Gasteiger partial charge in [-0.25, -0.2) is 0 Å². The second kappa shape index (κ2) is 20.9. The smallest absolute Gasteiger partial charge is 0.0241 e. The lowest BCUT2D eigenvalue weighted by molar-refractivity contribution is 0.0180. The minimum absolute atomic E-state index is 0.633. The summed E-state index contributed by atoms with van der Waals surface area (Å²) in [6.45, 7) is 14.4. The largest absolute Gasteiger partial charge is 0.0654 e. The van der Waals surface area contributed by atoms with Crippen LogP contribution in [-0.2, 0) is 0 Å². The van der Waals surface area contributed by atoms with Crippen LogP contribution in [0.1, 0.15) is 176 Å². The van der Waals surface area contributed by atoms with Gasteiger partial charge in [0.05, 0.1) is 0 Å². The molecular formula is C30H62. The van der Waals surface area contributed by atoms with Gasteiger partial charge >= 0.3 is 0 Å². The minimum atomic E-state index is 0.633. The zero-order valence-electron chi connectivity index (χ0n) is 22.5. The molecule has 0 radical (unpaired) electrons. The molecule has 0 fully saturated rings. The van der Waals surface area contributed by atoms with Gasteiger partial charge in [0.25, 0.3) is 0 Å². The number of hydrogen-bond acceptors (Lipinski definition) is 0. The molecule has 30 heavy (non-hydrogen) atoms. The van der Waals surface area contributed by atoms with Gasteiger partial charge in [0.15, 0.2) is 0 Å². The first-order valence-electron chi connectivity index (χ1n) is 14.7. The molecule has 0 heteroatoms. The third-order valence-electron chi connectivity index (χ3n) is 8.08. The Balaban J connectivity index is 5.80. The second-order valence-electron chi connectivity index (χ2n) is 10.4. The highest BCUT2D eigenvalue weighted by Crippen LogP contribution is 2.52. The van der Waals surface area contributed by atoms with Crippen molar-refractivity contribution in [3.05, 3.63) is 0 Å². The van der Waals surface area contributed by atoms with Crippen molar-refractivity contribution in [3.8, 4) is 0 Å². The van der Waals surface area contributed by atoms with Gasteiger partial charge in [-0.15, -0.1) is 0 Å². The molecule has 0 aromatic heterocycles. The minimum Gasteiger partial charge on any atom is -0.0654 e. The molecule has 0 aliphatic carbocycles. The molecule has 0 saturated heterocycles. The number of rotatable bonds is 23. The van der Waals surface area contributed by atoms with Crippen LogP contribution >= 0.6 is 0 Å². The monoisotopic (exact) mass is 422 g/mol.